The Kier molecular flexibility index (Phi) is 5.41. The summed E-state index contributed by atoms with van der Waals surface area (Å²) >= 11 is 0. The van der Waals surface area contributed by atoms with E-state index in [-0.39, 0.29) is 12.3 Å². The van der Waals surface area contributed by atoms with E-state index in [0.717, 1.165) is 0 Å². The number of fused-ring (bicyclic) bond motifs is 2. The minimum atomic E-state index is -7.21. The summed E-state index contributed by atoms with van der Waals surface area (Å²) in [6.07, 6.45) is -6.45. The van der Waals surface area contributed by atoms with E-state index in [0.29, 0.717) is 0 Å². The van der Waals surface area contributed by atoms with E-state index in [2.05, 4.69) is 4.74 Å². The van der Waals surface area contributed by atoms with Crippen LogP contribution in [-0.2, 0) is 9.53 Å². The fourth-order valence-corrected chi connectivity index (χ4v) is 5.49. The first-order chi connectivity index (χ1) is 14.5. The lowest BCUT2D eigenvalue weighted by Gasteiger charge is -2.49. The zero-order valence-corrected chi connectivity index (χ0v) is 16.7. The third-order valence-corrected chi connectivity index (χ3v) is 7.73. The summed E-state index contributed by atoms with van der Waals surface area (Å²) < 4.78 is 182. The number of alkyl halides is 13. The maximum Gasteiger partial charge on any atom is 0.405 e. The summed E-state index contributed by atoms with van der Waals surface area (Å²) in [5.74, 6) is -44.7. The molecule has 3 rings (SSSR count). The number of hydrogen-bond donors (Lipinski definition) is 0. The maximum atomic E-state index is 13.9. The molecule has 2 nitrogen and oxygen atoms in total. The summed E-state index contributed by atoms with van der Waals surface area (Å²) in [7, 11) is 0. The molecule has 0 aromatic rings. The molecule has 0 saturated heterocycles. The van der Waals surface area contributed by atoms with Crippen LogP contribution in [0.25, 0.3) is 0 Å². The van der Waals surface area contributed by atoms with E-state index < -0.39 is 83.9 Å². The van der Waals surface area contributed by atoms with Crippen molar-refractivity contribution in [2.45, 2.75) is 62.5 Å². The Hall–Kier alpha value is -1.44. The van der Waals surface area contributed by atoms with Crippen LogP contribution in [0.3, 0.4) is 0 Å². The van der Waals surface area contributed by atoms with Crippen LogP contribution in [0.1, 0.15) is 26.7 Å². The SMILES string of the molecule is CC1C2CC(C1C)C(C(=O)OCC1C(F)(F)C(F)(F)C(F)(F)C(F)(F)C1(F)F)(C(F)(F)F)C2. The summed E-state index contributed by atoms with van der Waals surface area (Å²) in [6.45, 7) is 0.183. The Morgan fingerprint density at radius 2 is 1.27 bits per heavy atom. The van der Waals surface area contributed by atoms with E-state index in [4.69, 9.17) is 0 Å². The van der Waals surface area contributed by atoms with Gasteiger partial charge in [-0.15, -0.1) is 0 Å². The molecule has 0 radical (unpaired) electrons. The third kappa shape index (κ3) is 2.85. The maximum absolute atomic E-state index is 13.9. The van der Waals surface area contributed by atoms with Gasteiger partial charge in [0.1, 0.15) is 12.5 Å². The van der Waals surface area contributed by atoms with Gasteiger partial charge in [-0.05, 0) is 36.5 Å². The summed E-state index contributed by atoms with van der Waals surface area (Å²) in [5.41, 5.74) is -3.36. The Morgan fingerprint density at radius 1 is 0.818 bits per heavy atom. The molecule has 0 aliphatic heterocycles. The first kappa shape index (κ1) is 26.2. The number of hydrogen-bond acceptors (Lipinski definition) is 2. The normalized spacial score (nSPS) is 40.6. The van der Waals surface area contributed by atoms with Crippen molar-refractivity contribution in [3.63, 3.8) is 0 Å². The number of rotatable bonds is 3. The Labute approximate surface area is 177 Å². The van der Waals surface area contributed by atoms with E-state index in [1.165, 1.54) is 6.92 Å². The lowest BCUT2D eigenvalue weighted by atomic mass is 9.65. The fourth-order valence-electron chi connectivity index (χ4n) is 5.49. The Morgan fingerprint density at radius 3 is 1.64 bits per heavy atom. The van der Waals surface area contributed by atoms with Crippen molar-refractivity contribution < 1.29 is 66.6 Å². The van der Waals surface area contributed by atoms with Crippen molar-refractivity contribution in [1.82, 2.24) is 0 Å². The second kappa shape index (κ2) is 6.82. The predicted molar refractivity (Wildman–Crippen MR) is 82.2 cm³/mol. The van der Waals surface area contributed by atoms with E-state index in [1.54, 1.807) is 6.92 Å². The highest BCUT2D eigenvalue weighted by Gasteiger charge is 2.95. The Balaban J connectivity index is 1.96. The number of carbonyl (C=O) groups is 1. The molecule has 0 aromatic carbocycles. The van der Waals surface area contributed by atoms with Gasteiger partial charge in [-0.2, -0.15) is 57.1 Å². The number of carbonyl (C=O) groups excluding carboxylic acids is 1. The van der Waals surface area contributed by atoms with Crippen molar-refractivity contribution in [3.8, 4) is 0 Å². The molecule has 5 unspecified atom stereocenters. The smallest absolute Gasteiger partial charge is 0.405 e. The monoisotopic (exact) mass is 512 g/mol. The quantitative estimate of drug-likeness (QED) is 0.333. The van der Waals surface area contributed by atoms with E-state index in [1.807, 2.05) is 0 Å². The highest BCUT2D eigenvalue weighted by Crippen LogP contribution is 2.68. The average molecular weight is 512 g/mol. The van der Waals surface area contributed by atoms with Gasteiger partial charge in [-0.1, -0.05) is 13.8 Å². The molecule has 15 heteroatoms. The van der Waals surface area contributed by atoms with Gasteiger partial charge in [-0.25, -0.2) is 0 Å². The van der Waals surface area contributed by atoms with Crippen molar-refractivity contribution in [3.05, 3.63) is 0 Å². The van der Waals surface area contributed by atoms with Crippen LogP contribution in [-0.4, -0.2) is 48.4 Å². The molecule has 0 amide bonds. The third-order valence-electron chi connectivity index (χ3n) is 7.73. The topological polar surface area (TPSA) is 26.3 Å². The first-order valence-electron chi connectivity index (χ1n) is 9.66. The van der Waals surface area contributed by atoms with Crippen molar-refractivity contribution in [1.29, 1.82) is 0 Å². The molecule has 0 N–H and O–H groups in total. The second-order valence-electron chi connectivity index (χ2n) is 9.11. The molecule has 0 spiro atoms. The van der Waals surface area contributed by atoms with Gasteiger partial charge in [-0.3, -0.25) is 4.79 Å². The second-order valence-corrected chi connectivity index (χ2v) is 9.11. The molecule has 3 aliphatic carbocycles. The molecule has 192 valence electrons. The largest absolute Gasteiger partial charge is 0.464 e. The molecule has 0 heterocycles. The van der Waals surface area contributed by atoms with Crippen LogP contribution in [0, 0.1) is 35.0 Å². The van der Waals surface area contributed by atoms with Crippen LogP contribution in [0.5, 0.6) is 0 Å². The molecule has 3 fully saturated rings. The van der Waals surface area contributed by atoms with Crippen LogP contribution in [0.15, 0.2) is 0 Å². The van der Waals surface area contributed by atoms with Crippen LogP contribution in [0.2, 0.25) is 0 Å². The highest BCUT2D eigenvalue weighted by atomic mass is 19.4. The average Bonchev–Trinajstić information content (AvgIpc) is 3.17. The molecule has 2 bridgehead atoms. The summed E-state index contributed by atoms with van der Waals surface area (Å²) in [6, 6.07) is 0. The number of esters is 1. The highest BCUT2D eigenvalue weighted by molar-refractivity contribution is 5.79. The number of halogens is 13. The fraction of sp³-hybridized carbons (Fsp3) is 0.944. The van der Waals surface area contributed by atoms with Gasteiger partial charge in [0.05, 0.1) is 0 Å². The van der Waals surface area contributed by atoms with E-state index >= 15 is 0 Å². The molecule has 3 aliphatic rings. The van der Waals surface area contributed by atoms with Gasteiger partial charge in [0.2, 0.25) is 0 Å². The molecule has 5 atom stereocenters. The van der Waals surface area contributed by atoms with Gasteiger partial charge in [0, 0.05) is 0 Å². The van der Waals surface area contributed by atoms with E-state index in [9.17, 15) is 61.9 Å². The molecule has 0 aromatic heterocycles. The van der Waals surface area contributed by atoms with Crippen molar-refractivity contribution >= 4 is 5.97 Å². The van der Waals surface area contributed by atoms with Gasteiger partial charge >= 0.3 is 41.8 Å². The standard InChI is InChI=1S/C18H17F13O2/c1-6-7(2)9-3-8(6)4-12(9,18(29,30)31)11(32)33-5-10-13(19,20)15(23,24)17(27,28)16(25,26)14(10,21)22/h6-10H,3-5H2,1-2H3. The lowest BCUT2D eigenvalue weighted by molar-refractivity contribution is -0.465. The molecule has 3 saturated carbocycles. The van der Waals surface area contributed by atoms with Crippen LogP contribution in [0.4, 0.5) is 57.1 Å². The van der Waals surface area contributed by atoms with Crippen LogP contribution < -0.4 is 0 Å². The van der Waals surface area contributed by atoms with Crippen molar-refractivity contribution in [2.75, 3.05) is 6.61 Å². The summed E-state index contributed by atoms with van der Waals surface area (Å²) in [5, 5.41) is 0. The first-order valence-corrected chi connectivity index (χ1v) is 9.66. The predicted octanol–water partition coefficient (Wildman–Crippen LogP) is 6.20. The molecule has 33 heavy (non-hydrogen) atoms. The lowest BCUT2D eigenvalue weighted by Crippen LogP contribution is -2.78. The minimum absolute atomic E-state index is 0.158. The minimum Gasteiger partial charge on any atom is -0.464 e. The number of ether oxygens (including phenoxy) is 1. The molecular weight excluding hydrogens is 495 g/mol. The zero-order chi connectivity index (χ0) is 25.8. The van der Waals surface area contributed by atoms with Crippen molar-refractivity contribution in [2.24, 2.45) is 35.0 Å². The van der Waals surface area contributed by atoms with Crippen LogP contribution >= 0.6 is 0 Å². The molecular formula is C18H17F13O2. The zero-order valence-electron chi connectivity index (χ0n) is 16.7. The van der Waals surface area contributed by atoms with Gasteiger partial charge in [0.15, 0.2) is 5.41 Å². The van der Waals surface area contributed by atoms with Gasteiger partial charge in [0.25, 0.3) is 0 Å². The Bertz CT molecular complexity index is 789. The summed E-state index contributed by atoms with van der Waals surface area (Å²) in [4.78, 5) is 12.4. The van der Waals surface area contributed by atoms with Gasteiger partial charge < -0.3 is 4.74 Å².